The van der Waals surface area contributed by atoms with Crippen molar-refractivity contribution in [3.05, 3.63) is 65.3 Å². The number of halogens is 1. The molecule has 8 nitrogen and oxygen atoms in total. The van der Waals surface area contributed by atoms with Gasteiger partial charge in [-0.25, -0.2) is 10.2 Å². The van der Waals surface area contributed by atoms with Crippen molar-refractivity contribution < 1.29 is 14.3 Å². The van der Waals surface area contributed by atoms with Crippen molar-refractivity contribution >= 4 is 46.3 Å². The van der Waals surface area contributed by atoms with Crippen molar-refractivity contribution in [2.75, 3.05) is 31.6 Å². The minimum absolute atomic E-state index is 0.0461. The van der Waals surface area contributed by atoms with E-state index in [9.17, 15) is 9.59 Å². The van der Waals surface area contributed by atoms with Crippen LogP contribution in [0.15, 0.2) is 59.8 Å². The smallest absolute Gasteiger partial charge is 0.339 e. The highest BCUT2D eigenvalue weighted by atomic mass is 35.5. The molecule has 1 aromatic heterocycles. The number of aromatic nitrogens is 1. The Morgan fingerprint density at radius 1 is 1.10 bits per heavy atom. The third-order valence-corrected chi connectivity index (χ3v) is 5.31. The summed E-state index contributed by atoms with van der Waals surface area (Å²) in [5.74, 6) is 0.0461. The van der Waals surface area contributed by atoms with Crippen LogP contribution in [0.3, 0.4) is 0 Å². The molecule has 3 aromatic rings. The van der Waals surface area contributed by atoms with E-state index < -0.39 is 6.03 Å². The summed E-state index contributed by atoms with van der Waals surface area (Å²) in [6.07, 6.45) is 3.42. The number of nitrogens with one attached hydrogen (secondary N) is 2. The quantitative estimate of drug-likeness (QED) is 0.472. The van der Waals surface area contributed by atoms with Gasteiger partial charge in [-0.2, -0.15) is 5.10 Å². The van der Waals surface area contributed by atoms with Gasteiger partial charge in [0.15, 0.2) is 0 Å². The summed E-state index contributed by atoms with van der Waals surface area (Å²) < 4.78 is 7.22. The van der Waals surface area contributed by atoms with E-state index in [1.165, 1.54) is 0 Å². The molecule has 3 amide bonds. The molecule has 0 radical (unpaired) electrons. The van der Waals surface area contributed by atoms with Crippen LogP contribution < -0.4 is 10.7 Å². The van der Waals surface area contributed by atoms with Gasteiger partial charge in [-0.05, 0) is 18.2 Å². The van der Waals surface area contributed by atoms with E-state index in [-0.39, 0.29) is 12.5 Å². The number of hydrogen-bond acceptors (Lipinski definition) is 4. The van der Waals surface area contributed by atoms with Crippen molar-refractivity contribution in [1.82, 2.24) is 14.9 Å². The highest BCUT2D eigenvalue weighted by Gasteiger charge is 2.18. The number of para-hydroxylation sites is 2. The summed E-state index contributed by atoms with van der Waals surface area (Å²) in [7, 11) is 0. The Morgan fingerprint density at radius 3 is 2.65 bits per heavy atom. The number of hydrazone groups is 1. The molecule has 0 aliphatic carbocycles. The zero-order chi connectivity index (χ0) is 21.6. The van der Waals surface area contributed by atoms with Crippen LogP contribution in [0.4, 0.5) is 10.5 Å². The number of nitrogens with zero attached hydrogens (tertiary/aromatic N) is 3. The Balaban J connectivity index is 1.45. The molecule has 2 aromatic carbocycles. The van der Waals surface area contributed by atoms with Gasteiger partial charge in [0.05, 0.1) is 30.1 Å². The first-order valence-corrected chi connectivity index (χ1v) is 10.3. The van der Waals surface area contributed by atoms with Gasteiger partial charge in [-0.1, -0.05) is 41.9 Å². The number of ether oxygens (including phenoxy) is 1. The molecule has 1 aliphatic heterocycles. The molecule has 31 heavy (non-hydrogen) atoms. The first-order valence-electron chi connectivity index (χ1n) is 9.90. The minimum Gasteiger partial charge on any atom is -0.378 e. The standard InChI is InChI=1S/C22H22ClN5O3/c23-18-6-2-3-7-19(18)25-22(30)26-24-13-16-14-28(20-8-4-1-5-17(16)20)15-21(29)27-9-11-31-12-10-27/h1-8,13-14H,9-12,15H2,(H2,25,26,30)/b24-13+. The highest BCUT2D eigenvalue weighted by Crippen LogP contribution is 2.21. The number of carbonyl (C=O) groups is 2. The summed E-state index contributed by atoms with van der Waals surface area (Å²) in [6.45, 7) is 2.58. The molecule has 2 N–H and O–H groups in total. The number of fused-ring (bicyclic) bond motifs is 1. The summed E-state index contributed by atoms with van der Waals surface area (Å²) in [5.41, 5.74) is 4.65. The average molecular weight is 440 g/mol. The van der Waals surface area contributed by atoms with Crippen LogP contribution in [-0.4, -0.2) is 53.9 Å². The normalized spacial score (nSPS) is 14.2. The Labute approximate surface area is 184 Å². The van der Waals surface area contributed by atoms with Gasteiger partial charge in [0, 0.05) is 35.8 Å². The molecule has 1 fully saturated rings. The molecule has 1 aliphatic rings. The maximum atomic E-state index is 12.7. The predicted octanol–water partition coefficient (Wildman–Crippen LogP) is 3.31. The zero-order valence-electron chi connectivity index (χ0n) is 16.8. The Hall–Kier alpha value is -3.36. The van der Waals surface area contributed by atoms with Crippen LogP contribution in [0.5, 0.6) is 0 Å². The Morgan fingerprint density at radius 2 is 1.84 bits per heavy atom. The van der Waals surface area contributed by atoms with Crippen molar-refractivity contribution in [3.63, 3.8) is 0 Å². The number of amides is 3. The van der Waals surface area contributed by atoms with E-state index in [2.05, 4.69) is 15.8 Å². The van der Waals surface area contributed by atoms with E-state index in [4.69, 9.17) is 16.3 Å². The van der Waals surface area contributed by atoms with Gasteiger partial charge in [0.1, 0.15) is 6.54 Å². The number of hydrogen-bond donors (Lipinski definition) is 2. The SMILES string of the molecule is O=C(N/N=C/c1cn(CC(=O)N2CCOCC2)c2ccccc12)Nc1ccccc1Cl. The first-order chi connectivity index (χ1) is 15.1. The van der Waals surface area contributed by atoms with Crippen molar-refractivity contribution in [3.8, 4) is 0 Å². The zero-order valence-corrected chi connectivity index (χ0v) is 17.5. The fourth-order valence-electron chi connectivity index (χ4n) is 3.44. The lowest BCUT2D eigenvalue weighted by Crippen LogP contribution is -2.42. The van der Waals surface area contributed by atoms with Gasteiger partial charge in [-0.3, -0.25) is 4.79 Å². The van der Waals surface area contributed by atoms with E-state index in [0.717, 1.165) is 16.5 Å². The van der Waals surface area contributed by atoms with Crippen LogP contribution >= 0.6 is 11.6 Å². The summed E-state index contributed by atoms with van der Waals surface area (Å²) in [5, 5.41) is 8.06. The Kier molecular flexibility index (Phi) is 6.49. The van der Waals surface area contributed by atoms with Crippen LogP contribution in [0, 0.1) is 0 Å². The van der Waals surface area contributed by atoms with Crippen molar-refractivity contribution in [2.45, 2.75) is 6.54 Å². The number of rotatable bonds is 5. The second kappa shape index (κ2) is 9.63. The lowest BCUT2D eigenvalue weighted by atomic mass is 10.2. The van der Waals surface area contributed by atoms with Gasteiger partial charge in [-0.15, -0.1) is 0 Å². The highest BCUT2D eigenvalue weighted by molar-refractivity contribution is 6.33. The topological polar surface area (TPSA) is 88.0 Å². The van der Waals surface area contributed by atoms with Crippen LogP contribution in [-0.2, 0) is 16.1 Å². The summed E-state index contributed by atoms with van der Waals surface area (Å²) in [4.78, 5) is 26.6. The molecular weight excluding hydrogens is 418 g/mol. The van der Waals surface area contributed by atoms with Gasteiger partial charge >= 0.3 is 6.03 Å². The van der Waals surface area contributed by atoms with Crippen LogP contribution in [0.2, 0.25) is 5.02 Å². The maximum Gasteiger partial charge on any atom is 0.339 e. The van der Waals surface area contributed by atoms with E-state index >= 15 is 0 Å². The van der Waals surface area contributed by atoms with Crippen LogP contribution in [0.1, 0.15) is 5.56 Å². The van der Waals surface area contributed by atoms with E-state index in [1.807, 2.05) is 39.9 Å². The van der Waals surface area contributed by atoms with Crippen LogP contribution in [0.25, 0.3) is 10.9 Å². The number of urea groups is 1. The van der Waals surface area contributed by atoms with Crippen molar-refractivity contribution in [1.29, 1.82) is 0 Å². The molecule has 0 unspecified atom stereocenters. The lowest BCUT2D eigenvalue weighted by molar-refractivity contribution is -0.135. The average Bonchev–Trinajstić information content (AvgIpc) is 3.13. The van der Waals surface area contributed by atoms with Crippen molar-refractivity contribution in [2.24, 2.45) is 5.10 Å². The number of anilines is 1. The molecule has 0 atom stereocenters. The molecule has 4 rings (SSSR count). The Bertz CT molecular complexity index is 1120. The fraction of sp³-hybridized carbons (Fsp3) is 0.227. The van der Waals surface area contributed by atoms with Gasteiger partial charge in [0.25, 0.3) is 0 Å². The third kappa shape index (κ3) is 5.04. The van der Waals surface area contributed by atoms with Gasteiger partial charge in [0.2, 0.25) is 5.91 Å². The molecule has 9 heteroatoms. The largest absolute Gasteiger partial charge is 0.378 e. The molecule has 160 valence electrons. The summed E-state index contributed by atoms with van der Waals surface area (Å²) >= 11 is 6.04. The molecule has 2 heterocycles. The molecule has 0 saturated carbocycles. The second-order valence-electron chi connectivity index (χ2n) is 7.03. The molecule has 0 spiro atoms. The molecule has 0 bridgehead atoms. The lowest BCUT2D eigenvalue weighted by Gasteiger charge is -2.27. The number of carbonyl (C=O) groups excluding carboxylic acids is 2. The monoisotopic (exact) mass is 439 g/mol. The maximum absolute atomic E-state index is 12.7. The number of benzene rings is 2. The fourth-order valence-corrected chi connectivity index (χ4v) is 3.62. The second-order valence-corrected chi connectivity index (χ2v) is 7.43. The third-order valence-electron chi connectivity index (χ3n) is 4.98. The summed E-state index contributed by atoms with van der Waals surface area (Å²) in [6, 6.07) is 14.2. The minimum atomic E-state index is -0.504. The molecule has 1 saturated heterocycles. The first kappa shape index (κ1) is 20.9. The number of morpholine rings is 1. The van der Waals surface area contributed by atoms with E-state index in [1.54, 1.807) is 30.5 Å². The van der Waals surface area contributed by atoms with E-state index in [0.29, 0.717) is 37.0 Å². The molecular formula is C22H22ClN5O3. The van der Waals surface area contributed by atoms with Gasteiger partial charge < -0.3 is 19.5 Å². The predicted molar refractivity (Wildman–Crippen MR) is 121 cm³/mol.